The molecule has 0 spiro atoms. The van der Waals surface area contributed by atoms with Gasteiger partial charge in [0.2, 0.25) is 0 Å². The van der Waals surface area contributed by atoms with E-state index in [-0.39, 0.29) is 0 Å². The Balaban J connectivity index is 2.11. The molecular weight excluding hydrogens is 344 g/mol. The molecule has 2 aromatic rings. The van der Waals surface area contributed by atoms with Crippen LogP contribution in [0.4, 0.5) is 0 Å². The van der Waals surface area contributed by atoms with Crippen LogP contribution in [-0.2, 0) is 6.42 Å². The molecule has 0 saturated carbocycles. The molecule has 0 heterocycles. The lowest BCUT2D eigenvalue weighted by molar-refractivity contribution is 0.971. The van der Waals surface area contributed by atoms with E-state index in [9.17, 15) is 0 Å². The number of benzene rings is 2. The average Bonchev–Trinajstić information content (AvgIpc) is 2.73. The Bertz CT molecular complexity index is 806. The van der Waals surface area contributed by atoms with E-state index in [1.54, 1.807) is 0 Å². The van der Waals surface area contributed by atoms with Crippen LogP contribution < -0.4 is 0 Å². The first kappa shape index (κ1) is 15.8. The van der Waals surface area contributed by atoms with Crippen LogP contribution in [0.3, 0.4) is 0 Å². The van der Waals surface area contributed by atoms with Crippen LogP contribution in [-0.4, -0.2) is 0 Å². The summed E-state index contributed by atoms with van der Waals surface area (Å²) < 4.78 is 1.10. The smallest absolute Gasteiger partial charge is 0.0181 e. The summed E-state index contributed by atoms with van der Waals surface area (Å²) in [5.74, 6) is 0. The Morgan fingerprint density at radius 3 is 2.70 bits per heavy atom. The highest BCUT2D eigenvalue weighted by Crippen LogP contribution is 2.30. The van der Waals surface area contributed by atoms with Gasteiger partial charge in [-0.3, -0.25) is 0 Å². The lowest BCUT2D eigenvalue weighted by Gasteiger charge is -2.07. The van der Waals surface area contributed by atoms with E-state index in [0.29, 0.717) is 0 Å². The number of aryl methyl sites for hydroxylation is 1. The van der Waals surface area contributed by atoms with Crippen molar-refractivity contribution in [1.29, 1.82) is 0 Å². The molecule has 0 fully saturated rings. The van der Waals surface area contributed by atoms with Crippen LogP contribution in [0.5, 0.6) is 0 Å². The lowest BCUT2D eigenvalue weighted by atomic mass is 9.97. The first-order chi connectivity index (χ1) is 11.3. The maximum atomic E-state index is 3.77. The monoisotopic (exact) mass is 362 g/mol. The molecule has 23 heavy (non-hydrogen) atoms. The molecule has 0 bridgehead atoms. The summed E-state index contributed by atoms with van der Waals surface area (Å²) in [4.78, 5) is 0. The normalized spacial score (nSPS) is 16.0. The molecule has 0 N–H and O–H groups in total. The van der Waals surface area contributed by atoms with Crippen LogP contribution in [0.2, 0.25) is 0 Å². The second kappa shape index (κ2) is 7.43. The van der Waals surface area contributed by atoms with Gasteiger partial charge in [-0.1, -0.05) is 83.2 Å². The van der Waals surface area contributed by atoms with E-state index < -0.39 is 0 Å². The van der Waals surface area contributed by atoms with Crippen molar-refractivity contribution in [3.8, 4) is 0 Å². The zero-order chi connectivity index (χ0) is 16.1. The van der Waals surface area contributed by atoms with E-state index >= 15 is 0 Å². The third-order valence-electron chi connectivity index (χ3n) is 3.97. The highest BCUT2D eigenvalue weighted by atomic mass is 79.9. The predicted octanol–water partition coefficient (Wildman–Crippen LogP) is 6.60. The number of halogens is 1. The Kier molecular flexibility index (Phi) is 5.09. The Labute approximate surface area is 146 Å². The molecule has 0 unspecified atom stereocenters. The molecule has 1 heteroatoms. The number of rotatable bonds is 3. The van der Waals surface area contributed by atoms with Crippen LogP contribution in [0.15, 0.2) is 89.5 Å². The Hall–Kier alpha value is -2.12. The van der Waals surface area contributed by atoms with E-state index in [1.807, 2.05) is 12.2 Å². The number of hydrogen-bond acceptors (Lipinski definition) is 0. The van der Waals surface area contributed by atoms with Crippen LogP contribution in [0.25, 0.3) is 11.6 Å². The molecule has 0 nitrogen and oxygen atoms in total. The second-order valence-electron chi connectivity index (χ2n) is 5.63. The van der Waals surface area contributed by atoms with Crippen LogP contribution in [0, 0.1) is 0 Å². The van der Waals surface area contributed by atoms with Gasteiger partial charge in [0.25, 0.3) is 0 Å². The summed E-state index contributed by atoms with van der Waals surface area (Å²) in [6, 6.07) is 17.1. The molecule has 0 aromatic heterocycles. The van der Waals surface area contributed by atoms with Crippen molar-refractivity contribution in [2.75, 3.05) is 0 Å². The largest absolute Gasteiger partial charge is 0.0991 e. The fourth-order valence-corrected chi connectivity index (χ4v) is 3.28. The van der Waals surface area contributed by atoms with E-state index in [0.717, 1.165) is 17.3 Å². The second-order valence-corrected chi connectivity index (χ2v) is 6.54. The summed E-state index contributed by atoms with van der Waals surface area (Å²) in [6.07, 6.45) is 12.7. The topological polar surface area (TPSA) is 0 Å². The number of fused-ring (bicyclic) bond motifs is 1. The summed E-state index contributed by atoms with van der Waals surface area (Å²) in [6.45, 7) is 3.77. The van der Waals surface area contributed by atoms with Crippen molar-refractivity contribution in [3.63, 3.8) is 0 Å². The third-order valence-corrected chi connectivity index (χ3v) is 4.46. The molecule has 0 atom stereocenters. The van der Waals surface area contributed by atoms with Gasteiger partial charge in [0.15, 0.2) is 0 Å². The van der Waals surface area contributed by atoms with Gasteiger partial charge in [-0.05, 0) is 58.9 Å². The molecule has 0 radical (unpaired) electrons. The molecule has 0 amide bonds. The van der Waals surface area contributed by atoms with Crippen LogP contribution >= 0.6 is 15.9 Å². The highest BCUT2D eigenvalue weighted by molar-refractivity contribution is 9.10. The maximum Gasteiger partial charge on any atom is 0.0181 e. The van der Waals surface area contributed by atoms with Gasteiger partial charge >= 0.3 is 0 Å². The van der Waals surface area contributed by atoms with Gasteiger partial charge in [0.05, 0.1) is 0 Å². The fraction of sp³-hybridized carbons (Fsp3) is 0.0909. The first-order valence-electron chi connectivity index (χ1n) is 7.81. The molecule has 0 aliphatic heterocycles. The van der Waals surface area contributed by atoms with Gasteiger partial charge in [-0.2, -0.15) is 0 Å². The lowest BCUT2D eigenvalue weighted by Crippen LogP contribution is -1.89. The SMILES string of the molecule is C=C/C=C\C1=CC(=C/c2cccc(Br)c2)/c2ccccc2CC1. The zero-order valence-corrected chi connectivity index (χ0v) is 14.6. The van der Waals surface area contributed by atoms with E-state index in [1.165, 1.54) is 27.8 Å². The average molecular weight is 363 g/mol. The minimum Gasteiger partial charge on any atom is -0.0991 e. The molecular formula is C22H19Br. The van der Waals surface area contributed by atoms with Crippen molar-refractivity contribution >= 4 is 27.6 Å². The summed E-state index contributed by atoms with van der Waals surface area (Å²) in [5.41, 5.74) is 6.54. The maximum absolute atomic E-state index is 3.77. The van der Waals surface area contributed by atoms with Crippen molar-refractivity contribution in [1.82, 2.24) is 0 Å². The molecule has 3 rings (SSSR count). The summed E-state index contributed by atoms with van der Waals surface area (Å²) in [7, 11) is 0. The van der Waals surface area contributed by atoms with Gasteiger partial charge in [0, 0.05) is 4.47 Å². The third kappa shape index (κ3) is 4.00. The fourth-order valence-electron chi connectivity index (χ4n) is 2.87. The minimum atomic E-state index is 1.05. The highest BCUT2D eigenvalue weighted by Gasteiger charge is 2.11. The zero-order valence-electron chi connectivity index (χ0n) is 13.0. The Morgan fingerprint density at radius 2 is 1.87 bits per heavy atom. The molecule has 114 valence electrons. The molecule has 1 aliphatic rings. The van der Waals surface area contributed by atoms with Gasteiger partial charge in [0.1, 0.15) is 0 Å². The quantitative estimate of drug-likeness (QED) is 0.539. The molecule has 2 aromatic carbocycles. The van der Waals surface area contributed by atoms with Crippen molar-refractivity contribution in [2.24, 2.45) is 0 Å². The number of hydrogen-bond donors (Lipinski definition) is 0. The van der Waals surface area contributed by atoms with E-state index in [4.69, 9.17) is 0 Å². The van der Waals surface area contributed by atoms with E-state index in [2.05, 4.69) is 89.3 Å². The summed E-state index contributed by atoms with van der Waals surface area (Å²) in [5, 5.41) is 0. The standard InChI is InChI=1S/C22H19Br/c1-2-3-7-17-12-13-19-9-4-5-11-22(19)20(14-17)15-18-8-6-10-21(23)16-18/h2-11,14-16H,1,12-13H2/b7-3-,20-15-. The molecule has 1 aliphatic carbocycles. The van der Waals surface area contributed by atoms with Crippen LogP contribution in [0.1, 0.15) is 23.1 Å². The van der Waals surface area contributed by atoms with Gasteiger partial charge in [-0.25, -0.2) is 0 Å². The predicted molar refractivity (Wildman–Crippen MR) is 104 cm³/mol. The first-order valence-corrected chi connectivity index (χ1v) is 8.61. The number of allylic oxidation sites excluding steroid dienone is 6. The van der Waals surface area contributed by atoms with Crippen molar-refractivity contribution in [2.45, 2.75) is 12.8 Å². The summed E-state index contributed by atoms with van der Waals surface area (Å²) >= 11 is 3.55. The van der Waals surface area contributed by atoms with Gasteiger partial charge in [-0.15, -0.1) is 0 Å². The van der Waals surface area contributed by atoms with Crippen molar-refractivity contribution in [3.05, 3.63) is 106 Å². The van der Waals surface area contributed by atoms with Gasteiger partial charge < -0.3 is 0 Å². The minimum absolute atomic E-state index is 1.05. The molecule has 0 saturated heterocycles. The Morgan fingerprint density at radius 1 is 1.00 bits per heavy atom. The van der Waals surface area contributed by atoms with Crippen molar-refractivity contribution < 1.29 is 0 Å².